The summed E-state index contributed by atoms with van der Waals surface area (Å²) in [5.74, 6) is -2.37. The minimum Gasteiger partial charge on any atom is -0.380 e. The van der Waals surface area contributed by atoms with Crippen molar-refractivity contribution in [3.05, 3.63) is 53.7 Å². The van der Waals surface area contributed by atoms with E-state index in [9.17, 15) is 13.6 Å². The van der Waals surface area contributed by atoms with Gasteiger partial charge in [-0.2, -0.15) is 5.10 Å². The number of carbonyl (C=O) groups is 1. The molecule has 2 aromatic heterocycles. The molecule has 28 heavy (non-hydrogen) atoms. The van der Waals surface area contributed by atoms with Crippen LogP contribution in [0.15, 0.2) is 41.5 Å². The molecule has 3 rings (SSSR count). The fraction of sp³-hybridized carbons (Fsp3) is 0.222. The van der Waals surface area contributed by atoms with E-state index in [1.165, 1.54) is 6.07 Å². The van der Waals surface area contributed by atoms with Crippen molar-refractivity contribution >= 4 is 28.7 Å². The van der Waals surface area contributed by atoms with Gasteiger partial charge in [0, 0.05) is 18.4 Å². The van der Waals surface area contributed by atoms with E-state index < -0.39 is 17.5 Å². The minimum atomic E-state index is -1.11. The number of H-pyrrole nitrogens is 1. The molecule has 0 fully saturated rings. The molecule has 8 nitrogen and oxygen atoms in total. The number of pyridine rings is 1. The first-order chi connectivity index (χ1) is 13.6. The predicted molar refractivity (Wildman–Crippen MR) is 100 cm³/mol. The second-order valence-electron chi connectivity index (χ2n) is 5.61. The molecular weight excluding hydrogens is 370 g/mol. The smallest absolute Gasteiger partial charge is 0.258 e. The summed E-state index contributed by atoms with van der Waals surface area (Å²) in [7, 11) is 0. The predicted octanol–water partition coefficient (Wildman–Crippen LogP) is 2.47. The molecule has 0 radical (unpaired) electrons. The minimum absolute atomic E-state index is 0.0526. The van der Waals surface area contributed by atoms with Crippen LogP contribution in [-0.4, -0.2) is 46.8 Å². The topological polar surface area (TPSA) is 104 Å². The summed E-state index contributed by atoms with van der Waals surface area (Å²) in [6.07, 6.45) is 1.61. The van der Waals surface area contributed by atoms with E-state index in [0.717, 1.165) is 12.1 Å². The lowest BCUT2D eigenvalue weighted by Crippen LogP contribution is -2.36. The Bertz CT molecular complexity index is 1000. The number of hydrogen-bond acceptors (Lipinski definition) is 5. The number of aromatic nitrogens is 3. The number of aromatic amines is 1. The Kier molecular flexibility index (Phi) is 6.22. The van der Waals surface area contributed by atoms with Gasteiger partial charge in [0.05, 0.1) is 18.7 Å². The quantitative estimate of drug-likeness (QED) is 0.342. The lowest BCUT2D eigenvalue weighted by atomic mass is 10.2. The van der Waals surface area contributed by atoms with Crippen LogP contribution in [-0.2, 0) is 4.74 Å². The van der Waals surface area contributed by atoms with Crippen molar-refractivity contribution in [2.75, 3.05) is 25.1 Å². The highest BCUT2D eigenvalue weighted by Crippen LogP contribution is 2.16. The third kappa shape index (κ3) is 4.65. The normalized spacial score (nSPS) is 11.6. The summed E-state index contributed by atoms with van der Waals surface area (Å²) < 4.78 is 31.7. The number of nitrogens with one attached hydrogen (secondary N) is 3. The number of nitrogens with zero attached hydrogens (tertiary/aromatic N) is 3. The number of anilines is 1. The van der Waals surface area contributed by atoms with Crippen molar-refractivity contribution in [2.24, 2.45) is 4.99 Å². The van der Waals surface area contributed by atoms with Gasteiger partial charge < -0.3 is 10.1 Å². The number of benzene rings is 1. The summed E-state index contributed by atoms with van der Waals surface area (Å²) in [5, 5.41) is 12.4. The highest BCUT2D eigenvalue weighted by Gasteiger charge is 2.14. The van der Waals surface area contributed by atoms with E-state index in [-0.39, 0.29) is 18.1 Å². The van der Waals surface area contributed by atoms with Crippen molar-refractivity contribution in [3.8, 4) is 0 Å². The van der Waals surface area contributed by atoms with Crippen LogP contribution in [0.2, 0.25) is 0 Å². The number of fused-ring (bicyclic) bond motifs is 1. The first kappa shape index (κ1) is 19.4. The zero-order chi connectivity index (χ0) is 19.9. The van der Waals surface area contributed by atoms with E-state index in [4.69, 9.17) is 4.74 Å². The van der Waals surface area contributed by atoms with Crippen molar-refractivity contribution in [3.63, 3.8) is 0 Å². The Morgan fingerprint density at radius 2 is 2.14 bits per heavy atom. The molecule has 0 spiro atoms. The maximum Gasteiger partial charge on any atom is 0.258 e. The Labute approximate surface area is 159 Å². The van der Waals surface area contributed by atoms with Gasteiger partial charge in [-0.3, -0.25) is 25.2 Å². The van der Waals surface area contributed by atoms with Gasteiger partial charge in [-0.15, -0.1) is 0 Å². The van der Waals surface area contributed by atoms with Crippen molar-refractivity contribution in [1.82, 2.24) is 20.5 Å². The van der Waals surface area contributed by atoms with Crippen LogP contribution in [0.3, 0.4) is 0 Å². The Morgan fingerprint density at radius 1 is 1.29 bits per heavy atom. The van der Waals surface area contributed by atoms with Gasteiger partial charge in [-0.25, -0.2) is 8.78 Å². The Balaban J connectivity index is 1.80. The van der Waals surface area contributed by atoms with Crippen LogP contribution in [0.25, 0.3) is 11.0 Å². The molecule has 10 heteroatoms. The number of rotatable bonds is 6. The standard InChI is InChI=1S/C18H18F2N6O2/c1-2-28-9-8-22-18(23-16-15-14(25-26-16)4-3-7-21-15)24-17(27)11-5-6-12(19)13(20)10-11/h3-7,10H,2,8-9H2,1H3,(H3,22,23,24,25,26,27). The second kappa shape index (κ2) is 9.00. The zero-order valence-electron chi connectivity index (χ0n) is 15.0. The number of amides is 1. The molecule has 0 aliphatic carbocycles. The molecule has 3 aromatic rings. The van der Waals surface area contributed by atoms with Crippen LogP contribution in [0, 0.1) is 11.6 Å². The summed E-state index contributed by atoms with van der Waals surface area (Å²) in [4.78, 5) is 20.9. The van der Waals surface area contributed by atoms with Gasteiger partial charge in [0.1, 0.15) is 5.52 Å². The fourth-order valence-electron chi connectivity index (χ4n) is 2.35. The Morgan fingerprint density at radius 3 is 2.93 bits per heavy atom. The lowest BCUT2D eigenvalue weighted by molar-refractivity contribution is 0.0976. The third-order valence-corrected chi connectivity index (χ3v) is 3.68. The summed E-state index contributed by atoms with van der Waals surface area (Å²) >= 11 is 0. The van der Waals surface area contributed by atoms with E-state index >= 15 is 0 Å². The maximum atomic E-state index is 13.4. The van der Waals surface area contributed by atoms with Gasteiger partial charge in [0.2, 0.25) is 5.96 Å². The van der Waals surface area contributed by atoms with Crippen LogP contribution in [0.1, 0.15) is 17.3 Å². The molecule has 0 saturated heterocycles. The van der Waals surface area contributed by atoms with Crippen LogP contribution in [0.4, 0.5) is 14.6 Å². The average molecular weight is 388 g/mol. The van der Waals surface area contributed by atoms with Gasteiger partial charge in [-0.1, -0.05) is 0 Å². The van der Waals surface area contributed by atoms with Gasteiger partial charge in [0.25, 0.3) is 5.91 Å². The van der Waals surface area contributed by atoms with Crippen molar-refractivity contribution in [2.45, 2.75) is 6.92 Å². The summed E-state index contributed by atoms with van der Waals surface area (Å²) in [5.41, 5.74) is 1.20. The maximum absolute atomic E-state index is 13.4. The molecule has 1 amide bonds. The molecule has 0 saturated carbocycles. The molecule has 0 aliphatic rings. The second-order valence-corrected chi connectivity index (χ2v) is 5.61. The van der Waals surface area contributed by atoms with E-state index in [0.29, 0.717) is 30.1 Å². The molecule has 0 atom stereocenters. The summed E-state index contributed by atoms with van der Waals surface area (Å²) in [6.45, 7) is 3.01. The van der Waals surface area contributed by atoms with Crippen molar-refractivity contribution in [1.29, 1.82) is 0 Å². The van der Waals surface area contributed by atoms with Crippen LogP contribution >= 0.6 is 0 Å². The molecular formula is C18H18F2N6O2. The largest absolute Gasteiger partial charge is 0.380 e. The van der Waals surface area contributed by atoms with Gasteiger partial charge >= 0.3 is 0 Å². The number of halogens is 2. The highest BCUT2D eigenvalue weighted by molar-refractivity contribution is 6.11. The molecule has 146 valence electrons. The van der Waals surface area contributed by atoms with Crippen LogP contribution in [0.5, 0.6) is 0 Å². The fourth-order valence-corrected chi connectivity index (χ4v) is 2.35. The zero-order valence-corrected chi connectivity index (χ0v) is 15.0. The van der Waals surface area contributed by atoms with E-state index in [1.54, 1.807) is 18.3 Å². The molecule has 0 bridgehead atoms. The number of aliphatic imine (C=N–C) groups is 1. The van der Waals surface area contributed by atoms with Crippen molar-refractivity contribution < 1.29 is 18.3 Å². The first-order valence-electron chi connectivity index (χ1n) is 8.53. The number of hydrogen-bond donors (Lipinski definition) is 3. The molecule has 2 heterocycles. The average Bonchev–Trinajstić information content (AvgIpc) is 3.10. The summed E-state index contributed by atoms with van der Waals surface area (Å²) in [6, 6.07) is 6.43. The van der Waals surface area contributed by atoms with Gasteiger partial charge in [0.15, 0.2) is 17.5 Å². The van der Waals surface area contributed by atoms with E-state index in [2.05, 4.69) is 30.8 Å². The Hall–Kier alpha value is -3.40. The molecule has 0 aliphatic heterocycles. The highest BCUT2D eigenvalue weighted by atomic mass is 19.2. The molecule has 0 unspecified atom stereocenters. The molecule has 3 N–H and O–H groups in total. The van der Waals surface area contributed by atoms with Crippen LogP contribution < -0.4 is 10.6 Å². The number of guanidine groups is 1. The SMILES string of the molecule is CCOCCN=C(NC(=O)c1ccc(F)c(F)c1)Nc1n[nH]c2cccnc12. The van der Waals surface area contributed by atoms with E-state index in [1.807, 2.05) is 6.92 Å². The first-order valence-corrected chi connectivity index (χ1v) is 8.53. The monoisotopic (exact) mass is 388 g/mol. The molecule has 1 aromatic carbocycles. The lowest BCUT2D eigenvalue weighted by Gasteiger charge is -2.10. The number of carbonyl (C=O) groups excluding carboxylic acids is 1. The van der Waals surface area contributed by atoms with Gasteiger partial charge in [-0.05, 0) is 37.3 Å². The third-order valence-electron chi connectivity index (χ3n) is 3.68. The number of ether oxygens (including phenoxy) is 1.